The molecule has 2 aliphatic rings. The van der Waals surface area contributed by atoms with Gasteiger partial charge < -0.3 is 28.9 Å². The molecule has 0 radical (unpaired) electrons. The SMILES string of the molecule is FC(F)(F)OC(F)(F)C(F)(F)OC(F)(F)COc1ccc2c(c1)-c1nc-2nc2[nH]c(nc3nc(nc4[nH]c(n1)c1ccc(OCC(F)(F)OC(F)(F)C(F)(F)OC(F)(F)F)cc41)-c1ccc(OCC(F)(F)OC(F)(F)C(F)(F)OC(F)(F)F)cc1-3)c1ccc(OCC(F)(F)OC(F)(F)C(F)(F)OC(F)(F)F)cc21. The Morgan fingerprint density at radius 2 is 0.426 bits per heavy atom. The maximum atomic E-state index is 14.8. The van der Waals surface area contributed by atoms with Crippen LogP contribution >= 0.6 is 0 Å². The smallest absolute Gasteiger partial charge is 0.484 e. The zero-order valence-electron chi connectivity index (χ0n) is 49.9. The number of aromatic amines is 2. The molecule has 7 aromatic rings. The van der Waals surface area contributed by atoms with Crippen molar-refractivity contribution in [3.05, 3.63) is 72.8 Å². The Morgan fingerprint density at radius 1 is 0.222 bits per heavy atom. The number of alkyl halides is 36. The van der Waals surface area contributed by atoms with Crippen LogP contribution in [0.5, 0.6) is 23.0 Å². The minimum atomic E-state index is -6.88. The summed E-state index contributed by atoms with van der Waals surface area (Å²) in [6.45, 7) is -10.6. The number of benzene rings is 4. The van der Waals surface area contributed by atoms with Crippen LogP contribution in [0.25, 0.3) is 89.7 Å². The van der Waals surface area contributed by atoms with Crippen molar-refractivity contribution >= 4 is 44.1 Å². The fraction of sp³-hybridized carbons (Fsp3) is 0.385. The summed E-state index contributed by atoms with van der Waals surface area (Å²) in [6.07, 6.45) is -104. The molecule has 0 atom stereocenters. The van der Waals surface area contributed by atoms with Crippen LogP contribution < -0.4 is 18.9 Å². The Balaban J connectivity index is 1.23. The molecule has 108 heavy (non-hydrogen) atoms. The van der Waals surface area contributed by atoms with E-state index in [1.165, 1.54) is 0 Å². The molecular formula is C52H22F36N8O12. The summed E-state index contributed by atoms with van der Waals surface area (Å²) in [5, 5.41) is -2.15. The maximum Gasteiger partial charge on any atom is 0.527 e. The Morgan fingerprint density at radius 3 is 0.667 bits per heavy atom. The Bertz CT molecular complexity index is 4410. The lowest BCUT2D eigenvalue weighted by atomic mass is 10.1. The maximum absolute atomic E-state index is 14.8. The predicted octanol–water partition coefficient (Wildman–Crippen LogP) is 17.7. The first kappa shape index (κ1) is 82.7. The highest BCUT2D eigenvalue weighted by Gasteiger charge is 2.72. The van der Waals surface area contributed by atoms with Gasteiger partial charge in [0.1, 0.15) is 45.6 Å². The lowest BCUT2D eigenvalue weighted by molar-refractivity contribution is -0.529. The summed E-state index contributed by atoms with van der Waals surface area (Å²) in [5.41, 5.74) is -5.27. The van der Waals surface area contributed by atoms with E-state index in [0.29, 0.717) is 48.5 Å². The second-order valence-electron chi connectivity index (χ2n) is 20.9. The molecular weight excluding hydrogens is 1610 g/mol. The Hall–Kier alpha value is -9.40. The van der Waals surface area contributed by atoms with Crippen molar-refractivity contribution < 1.29 is 215 Å². The van der Waals surface area contributed by atoms with E-state index in [9.17, 15) is 158 Å². The van der Waals surface area contributed by atoms with Crippen molar-refractivity contribution in [2.75, 3.05) is 26.4 Å². The van der Waals surface area contributed by atoms with E-state index < -0.39 is 238 Å². The van der Waals surface area contributed by atoms with Gasteiger partial charge in [-0.25, -0.2) is 67.8 Å². The number of nitrogens with zero attached hydrogens (tertiary/aromatic N) is 6. The van der Waals surface area contributed by atoms with Gasteiger partial charge in [0.25, 0.3) is 0 Å². The molecule has 2 aliphatic heterocycles. The molecule has 8 bridgehead atoms. The first-order chi connectivity index (χ1) is 48.8. The molecule has 9 rings (SSSR count). The molecule has 5 heterocycles. The number of ether oxygens (including phenoxy) is 12. The van der Waals surface area contributed by atoms with Crippen molar-refractivity contribution in [1.29, 1.82) is 0 Å². The van der Waals surface area contributed by atoms with Crippen molar-refractivity contribution in [3.63, 3.8) is 0 Å². The third-order valence-electron chi connectivity index (χ3n) is 12.8. The second-order valence-corrected chi connectivity index (χ2v) is 20.9. The van der Waals surface area contributed by atoms with Crippen LogP contribution in [0.3, 0.4) is 0 Å². The number of H-pyrrole nitrogens is 2. The number of halogens is 36. The van der Waals surface area contributed by atoms with Crippen molar-refractivity contribution in [2.24, 2.45) is 0 Å². The highest BCUT2D eigenvalue weighted by atomic mass is 19.4. The van der Waals surface area contributed by atoms with Crippen molar-refractivity contribution in [2.45, 2.75) is 98.8 Å². The van der Waals surface area contributed by atoms with E-state index in [2.05, 4.69) is 58.8 Å². The van der Waals surface area contributed by atoms with Gasteiger partial charge in [-0.15, -0.1) is 52.7 Å². The highest BCUT2D eigenvalue weighted by Crippen LogP contribution is 2.50. The highest BCUT2D eigenvalue weighted by molar-refractivity contribution is 6.07. The van der Waals surface area contributed by atoms with Crippen LogP contribution in [0.4, 0.5) is 158 Å². The molecule has 56 heteroatoms. The third kappa shape index (κ3) is 19.2. The standard InChI is InChI=1S/C52H22F36N8O12/c53-37(54,101-41(61,62)45(69,70)105-49(77,78)79)13-97-17-1-5-21-25(9-17)33-89-29(21)93-34-26-10-18(98-14-38(55,56)102-42(63,64)46(71,72)106-50(80,81)82)2-6-22(26)31(90-34)95-36-28-12-20(100-16-40(59,60)104-44(67,68)48(75,76)108-52(86,87)88)4-8-24(28)32(92-36)96-35-27-11-19(3-7-23(27)30(91-35)94-33)99-15-39(57,58)103-43(65,66)47(73,74)107-51(83,84)85/h1-12H,13-16H2,(H2,89,90,91,92,93,94,95,96). The van der Waals surface area contributed by atoms with E-state index in [1.54, 1.807) is 0 Å². The van der Waals surface area contributed by atoms with E-state index in [-0.39, 0.29) is 0 Å². The molecule has 0 saturated heterocycles. The van der Waals surface area contributed by atoms with Gasteiger partial charge >= 0.3 is 98.8 Å². The summed E-state index contributed by atoms with van der Waals surface area (Å²) in [7, 11) is 0. The van der Waals surface area contributed by atoms with Crippen LogP contribution in [0.1, 0.15) is 0 Å². The number of fused-ring (bicyclic) bond motifs is 20. The first-order valence-corrected chi connectivity index (χ1v) is 27.1. The Labute approximate surface area is 565 Å². The van der Waals surface area contributed by atoms with E-state index in [0.717, 1.165) is 24.3 Å². The van der Waals surface area contributed by atoms with Gasteiger partial charge in [0.15, 0.2) is 49.7 Å². The molecule has 0 fully saturated rings. The average molecular weight is 1630 g/mol. The summed E-state index contributed by atoms with van der Waals surface area (Å²) >= 11 is 0. The fourth-order valence-electron chi connectivity index (χ4n) is 8.66. The van der Waals surface area contributed by atoms with Crippen molar-refractivity contribution in [1.82, 2.24) is 39.9 Å². The lowest BCUT2D eigenvalue weighted by Gasteiger charge is -2.29. The normalized spacial score (nSPS) is 14.6. The van der Waals surface area contributed by atoms with E-state index in [1.807, 2.05) is 18.9 Å². The molecule has 0 saturated carbocycles. The van der Waals surface area contributed by atoms with Crippen LogP contribution in [0.15, 0.2) is 72.8 Å². The van der Waals surface area contributed by atoms with Gasteiger partial charge in [0, 0.05) is 43.8 Å². The van der Waals surface area contributed by atoms with E-state index >= 15 is 0 Å². The van der Waals surface area contributed by atoms with E-state index in [4.69, 9.17) is 18.9 Å². The zero-order valence-corrected chi connectivity index (χ0v) is 49.9. The molecule has 20 nitrogen and oxygen atoms in total. The molecule has 594 valence electrons. The van der Waals surface area contributed by atoms with Crippen LogP contribution in [0.2, 0.25) is 0 Å². The predicted molar refractivity (Wildman–Crippen MR) is 270 cm³/mol. The molecule has 0 spiro atoms. The summed E-state index contributed by atoms with van der Waals surface area (Å²) < 4.78 is 528. The summed E-state index contributed by atoms with van der Waals surface area (Å²) in [4.78, 5) is 30.3. The second kappa shape index (κ2) is 27.3. The molecule has 4 aromatic carbocycles. The summed E-state index contributed by atoms with van der Waals surface area (Å²) in [6, 6.07) is 7.41. The number of aromatic nitrogens is 8. The van der Waals surface area contributed by atoms with Crippen LogP contribution in [-0.4, -0.2) is 165 Å². The number of hydrogen-bond donors (Lipinski definition) is 2. The zero-order chi connectivity index (χ0) is 81.0. The fourth-order valence-corrected chi connectivity index (χ4v) is 8.66. The van der Waals surface area contributed by atoms with Gasteiger partial charge in [-0.2, -0.15) is 105 Å². The number of hydrogen-bond acceptors (Lipinski definition) is 18. The Kier molecular flexibility index (Phi) is 20.9. The van der Waals surface area contributed by atoms with Crippen LogP contribution in [-0.2, 0) is 37.9 Å². The molecule has 2 N–H and O–H groups in total. The molecule has 0 unspecified atom stereocenters. The number of nitrogens with one attached hydrogen (secondary N) is 2. The van der Waals surface area contributed by atoms with Gasteiger partial charge in [-0.05, 0) is 72.8 Å². The first-order valence-electron chi connectivity index (χ1n) is 27.1. The number of rotatable bonds is 28. The van der Waals surface area contributed by atoms with Gasteiger partial charge in [0.05, 0.1) is 0 Å². The third-order valence-corrected chi connectivity index (χ3v) is 12.8. The van der Waals surface area contributed by atoms with Gasteiger partial charge in [-0.3, -0.25) is 0 Å². The van der Waals surface area contributed by atoms with Crippen molar-refractivity contribution in [3.8, 4) is 68.5 Å². The topological polar surface area (TPSA) is 220 Å². The lowest BCUT2D eigenvalue weighted by Crippen LogP contribution is -2.52. The van der Waals surface area contributed by atoms with Crippen LogP contribution in [0, 0.1) is 0 Å². The van der Waals surface area contributed by atoms with Gasteiger partial charge in [-0.1, -0.05) is 0 Å². The largest absolute Gasteiger partial charge is 0.527 e. The quantitative estimate of drug-likeness (QED) is 0.0435. The minimum Gasteiger partial charge on any atom is -0.484 e. The molecule has 0 amide bonds. The van der Waals surface area contributed by atoms with Gasteiger partial charge in [0.2, 0.25) is 0 Å². The molecule has 3 aromatic heterocycles. The monoisotopic (exact) mass is 1630 g/mol. The molecule has 0 aliphatic carbocycles. The summed E-state index contributed by atoms with van der Waals surface area (Å²) in [5.74, 6) is -7.51. The minimum absolute atomic E-state index is 0.474. The average Bonchev–Trinajstić information content (AvgIpc) is 1.59.